The van der Waals surface area contributed by atoms with E-state index in [1.54, 1.807) is 0 Å². The molecule has 2 aliphatic rings. The van der Waals surface area contributed by atoms with Gasteiger partial charge in [-0.05, 0) is 39.2 Å². The Balaban J connectivity index is 1.90. The molecule has 2 fully saturated rings. The number of rotatable bonds is 7. The molecule has 26 heavy (non-hydrogen) atoms. The average molecular weight is 370 g/mol. The second-order valence-electron chi connectivity index (χ2n) is 6.68. The minimum absolute atomic E-state index is 0.263. The minimum atomic E-state index is -1.26. The number of amides is 3. The highest BCUT2D eigenvalue weighted by Crippen LogP contribution is 2.19. The Morgan fingerprint density at radius 1 is 1.23 bits per heavy atom. The van der Waals surface area contributed by atoms with Gasteiger partial charge in [0.15, 0.2) is 0 Å². The Bertz CT molecular complexity index is 561. The molecular weight excluding hydrogens is 344 g/mol. The molecule has 0 aromatic carbocycles. The lowest BCUT2D eigenvalue weighted by Gasteiger charge is -2.28. The maximum atomic E-state index is 12.6. The molecule has 0 radical (unpaired) electrons. The van der Waals surface area contributed by atoms with E-state index >= 15 is 0 Å². The Labute approximate surface area is 151 Å². The van der Waals surface area contributed by atoms with Gasteiger partial charge in [0.1, 0.15) is 12.1 Å². The van der Waals surface area contributed by atoms with Crippen molar-refractivity contribution in [3.63, 3.8) is 0 Å². The van der Waals surface area contributed by atoms with E-state index < -0.39 is 36.0 Å². The van der Waals surface area contributed by atoms with E-state index in [1.165, 1.54) is 11.8 Å². The van der Waals surface area contributed by atoms with Crippen LogP contribution in [0.2, 0.25) is 0 Å². The fraction of sp³-hybridized carbons (Fsp3) is 0.750. The van der Waals surface area contributed by atoms with Gasteiger partial charge in [-0.15, -0.1) is 0 Å². The number of hydrogen-bond acceptors (Lipinski definition) is 6. The number of aliphatic carboxylic acids is 1. The van der Waals surface area contributed by atoms with Crippen LogP contribution >= 0.6 is 0 Å². The van der Waals surface area contributed by atoms with Gasteiger partial charge in [-0.3, -0.25) is 14.4 Å². The molecule has 2 heterocycles. The van der Waals surface area contributed by atoms with Crippen LogP contribution in [0.4, 0.5) is 0 Å². The average Bonchev–Trinajstić information content (AvgIpc) is 3.27. The Morgan fingerprint density at radius 2 is 1.96 bits per heavy atom. The summed E-state index contributed by atoms with van der Waals surface area (Å²) in [5.74, 6) is -2.66. The Kier molecular flexibility index (Phi) is 6.92. The van der Waals surface area contributed by atoms with Crippen LogP contribution in [0.3, 0.4) is 0 Å². The highest BCUT2D eigenvalue weighted by molar-refractivity contribution is 5.93. The van der Waals surface area contributed by atoms with Crippen molar-refractivity contribution < 1.29 is 29.4 Å². The molecule has 2 aliphatic heterocycles. The van der Waals surface area contributed by atoms with E-state index in [9.17, 15) is 29.4 Å². The molecular formula is C16H26N4O6. The van der Waals surface area contributed by atoms with E-state index in [4.69, 9.17) is 0 Å². The van der Waals surface area contributed by atoms with Crippen LogP contribution in [0.15, 0.2) is 0 Å². The van der Waals surface area contributed by atoms with E-state index in [0.717, 1.165) is 13.0 Å². The predicted octanol–water partition coefficient (Wildman–Crippen LogP) is -2.20. The standard InChI is InChI=1S/C16H26N4O6/c1-9(21)13(15(24)20-7-3-5-11(20)16(25)26)19-12(22)8-18-14(23)10-4-2-6-17-10/h9-11,13,17,21H,2-8H2,1H3,(H,18,23)(H,19,22)(H,25,26). The van der Waals surface area contributed by atoms with E-state index in [1.807, 2.05) is 0 Å². The zero-order chi connectivity index (χ0) is 19.3. The fourth-order valence-electron chi connectivity index (χ4n) is 3.28. The quantitative estimate of drug-likeness (QED) is 0.341. The smallest absolute Gasteiger partial charge is 0.326 e. The third-order valence-electron chi connectivity index (χ3n) is 4.69. The summed E-state index contributed by atoms with van der Waals surface area (Å²) in [6.07, 6.45) is 1.28. The lowest BCUT2D eigenvalue weighted by molar-refractivity contribution is -0.150. The first-order valence-corrected chi connectivity index (χ1v) is 8.83. The molecule has 0 aromatic heterocycles. The minimum Gasteiger partial charge on any atom is -0.480 e. The number of hydrogen-bond donors (Lipinski definition) is 5. The van der Waals surface area contributed by atoms with Crippen LogP contribution < -0.4 is 16.0 Å². The Morgan fingerprint density at radius 3 is 2.54 bits per heavy atom. The molecule has 10 nitrogen and oxygen atoms in total. The molecule has 0 bridgehead atoms. The van der Waals surface area contributed by atoms with Gasteiger partial charge in [-0.2, -0.15) is 0 Å². The lowest BCUT2D eigenvalue weighted by atomic mass is 10.1. The SMILES string of the molecule is CC(O)C(NC(=O)CNC(=O)C1CCCN1)C(=O)N1CCCC1C(=O)O. The van der Waals surface area contributed by atoms with Gasteiger partial charge < -0.3 is 31.1 Å². The van der Waals surface area contributed by atoms with Gasteiger partial charge in [0.05, 0.1) is 18.7 Å². The first kappa shape index (κ1) is 20.1. The van der Waals surface area contributed by atoms with Crippen LogP contribution in [0.1, 0.15) is 32.6 Å². The van der Waals surface area contributed by atoms with Crippen molar-refractivity contribution in [1.82, 2.24) is 20.9 Å². The Hall–Kier alpha value is -2.20. The zero-order valence-electron chi connectivity index (χ0n) is 14.7. The molecule has 2 rings (SSSR count). The van der Waals surface area contributed by atoms with Crippen LogP contribution in [0.5, 0.6) is 0 Å². The van der Waals surface area contributed by atoms with Crippen molar-refractivity contribution in [2.24, 2.45) is 0 Å². The third-order valence-corrected chi connectivity index (χ3v) is 4.69. The van der Waals surface area contributed by atoms with Crippen LogP contribution in [0.25, 0.3) is 0 Å². The normalized spacial score (nSPS) is 24.8. The predicted molar refractivity (Wildman–Crippen MR) is 90.0 cm³/mol. The molecule has 10 heteroatoms. The van der Waals surface area contributed by atoms with Crippen molar-refractivity contribution in [2.45, 2.75) is 56.8 Å². The molecule has 3 amide bonds. The van der Waals surface area contributed by atoms with Gasteiger partial charge in [0.2, 0.25) is 17.7 Å². The number of carboxylic acid groups (broad SMARTS) is 1. The molecule has 2 saturated heterocycles. The number of aliphatic hydroxyl groups excluding tert-OH is 1. The summed E-state index contributed by atoms with van der Waals surface area (Å²) in [4.78, 5) is 48.9. The summed E-state index contributed by atoms with van der Waals surface area (Å²) in [6, 6.07) is -2.53. The zero-order valence-corrected chi connectivity index (χ0v) is 14.7. The molecule has 0 aromatic rings. The summed E-state index contributed by atoms with van der Waals surface area (Å²) >= 11 is 0. The summed E-state index contributed by atoms with van der Waals surface area (Å²) < 4.78 is 0. The van der Waals surface area contributed by atoms with Crippen LogP contribution in [0, 0.1) is 0 Å². The maximum absolute atomic E-state index is 12.6. The number of carbonyl (C=O) groups excluding carboxylic acids is 3. The van der Waals surface area contributed by atoms with E-state index in [0.29, 0.717) is 19.3 Å². The molecule has 146 valence electrons. The molecule has 0 saturated carbocycles. The second kappa shape index (κ2) is 8.95. The summed E-state index contributed by atoms with van der Waals surface area (Å²) in [5, 5.41) is 26.9. The number of likely N-dealkylation sites (tertiary alicyclic amines) is 1. The number of nitrogens with one attached hydrogen (secondary N) is 3. The monoisotopic (exact) mass is 370 g/mol. The van der Waals surface area contributed by atoms with Crippen molar-refractivity contribution >= 4 is 23.7 Å². The van der Waals surface area contributed by atoms with Gasteiger partial charge in [-0.1, -0.05) is 0 Å². The largest absolute Gasteiger partial charge is 0.480 e. The fourth-order valence-corrected chi connectivity index (χ4v) is 3.28. The highest BCUT2D eigenvalue weighted by atomic mass is 16.4. The number of carboxylic acids is 1. The van der Waals surface area contributed by atoms with Crippen molar-refractivity contribution in [3.05, 3.63) is 0 Å². The summed E-state index contributed by atoms with van der Waals surface area (Å²) in [5.41, 5.74) is 0. The first-order valence-electron chi connectivity index (χ1n) is 8.83. The third kappa shape index (κ3) is 4.92. The summed E-state index contributed by atoms with van der Waals surface area (Å²) in [6.45, 7) is 2.04. The van der Waals surface area contributed by atoms with Crippen LogP contribution in [-0.4, -0.2) is 82.7 Å². The summed E-state index contributed by atoms with van der Waals surface area (Å²) in [7, 11) is 0. The molecule has 5 N–H and O–H groups in total. The molecule has 4 unspecified atom stereocenters. The van der Waals surface area contributed by atoms with Crippen molar-refractivity contribution in [2.75, 3.05) is 19.6 Å². The number of carbonyl (C=O) groups is 4. The van der Waals surface area contributed by atoms with Gasteiger partial charge in [-0.25, -0.2) is 4.79 Å². The number of aliphatic hydroxyl groups is 1. The van der Waals surface area contributed by atoms with Crippen LogP contribution in [-0.2, 0) is 19.2 Å². The molecule has 4 atom stereocenters. The van der Waals surface area contributed by atoms with Gasteiger partial charge in [0, 0.05) is 6.54 Å². The lowest BCUT2D eigenvalue weighted by Crippen LogP contribution is -2.57. The van der Waals surface area contributed by atoms with E-state index in [2.05, 4.69) is 16.0 Å². The first-order chi connectivity index (χ1) is 12.3. The second-order valence-corrected chi connectivity index (χ2v) is 6.68. The highest BCUT2D eigenvalue weighted by Gasteiger charge is 2.39. The topological polar surface area (TPSA) is 148 Å². The molecule has 0 spiro atoms. The maximum Gasteiger partial charge on any atom is 0.326 e. The molecule has 0 aliphatic carbocycles. The van der Waals surface area contributed by atoms with Crippen molar-refractivity contribution in [1.29, 1.82) is 0 Å². The number of nitrogens with zero attached hydrogens (tertiary/aromatic N) is 1. The van der Waals surface area contributed by atoms with E-state index in [-0.39, 0.29) is 25.0 Å². The van der Waals surface area contributed by atoms with Gasteiger partial charge in [0.25, 0.3) is 0 Å². The van der Waals surface area contributed by atoms with Crippen molar-refractivity contribution in [3.8, 4) is 0 Å². The van der Waals surface area contributed by atoms with Gasteiger partial charge >= 0.3 is 5.97 Å².